The fourth-order valence-corrected chi connectivity index (χ4v) is 6.03. The molecule has 2 aliphatic rings. The van der Waals surface area contributed by atoms with Crippen molar-refractivity contribution < 1.29 is 47.8 Å². The van der Waals surface area contributed by atoms with Crippen LogP contribution in [0.1, 0.15) is 80.0 Å². The Kier molecular flexibility index (Phi) is 13.1. The highest BCUT2D eigenvalue weighted by Crippen LogP contribution is 2.22. The minimum Gasteiger partial charge on any atom is -0.462 e. The fraction of sp³-hybridized carbons (Fsp3) is 0.182. The van der Waals surface area contributed by atoms with E-state index in [9.17, 15) is 38.4 Å². The van der Waals surface area contributed by atoms with Crippen LogP contribution in [0, 0.1) is 0 Å². The van der Waals surface area contributed by atoms with Gasteiger partial charge in [0.2, 0.25) is 0 Å². The molecule has 4 aromatic carbocycles. The third kappa shape index (κ3) is 10.2. The summed E-state index contributed by atoms with van der Waals surface area (Å²) in [7, 11) is 0. The lowest BCUT2D eigenvalue weighted by Crippen LogP contribution is -2.29. The topological polar surface area (TPSA) is 186 Å². The fourth-order valence-electron chi connectivity index (χ4n) is 6.03. The average Bonchev–Trinajstić information content (AvgIpc) is 3.76. The van der Waals surface area contributed by atoms with Crippen LogP contribution in [-0.4, -0.2) is 60.6 Å². The van der Waals surface area contributed by atoms with E-state index in [1.54, 1.807) is 48.5 Å². The standard InChI is InChI=1S/C44H38N4O10/c49-37-23-24-38(50)47(37)35-19-11-29(12-20-35)41(53)45-33-15-7-31(8-16-33)43(55)57-27-5-3-1-2-4-6-28-58-44(56)32-9-17-34(18-10-32)46-42(54)30-13-21-36(22-14-30)48-39(51)25-26-40(48)52/h7-26H,1-6,27-28H2,(H,45,53)(H,46,54). The van der Waals surface area contributed by atoms with Gasteiger partial charge >= 0.3 is 11.9 Å². The van der Waals surface area contributed by atoms with E-state index >= 15 is 0 Å². The summed E-state index contributed by atoms with van der Waals surface area (Å²) in [4.78, 5) is 99.8. The molecule has 0 aromatic heterocycles. The molecule has 0 bridgehead atoms. The van der Waals surface area contributed by atoms with Crippen molar-refractivity contribution in [1.82, 2.24) is 0 Å². The number of rotatable bonds is 17. The quantitative estimate of drug-likeness (QED) is 0.0690. The Morgan fingerprint density at radius 1 is 0.397 bits per heavy atom. The number of nitrogens with zero attached hydrogens (tertiary/aromatic N) is 2. The summed E-state index contributed by atoms with van der Waals surface area (Å²) in [6, 6.07) is 24.8. The van der Waals surface area contributed by atoms with Crippen LogP contribution in [0.3, 0.4) is 0 Å². The third-order valence-electron chi connectivity index (χ3n) is 9.16. The molecule has 14 heteroatoms. The van der Waals surface area contributed by atoms with Crippen molar-refractivity contribution in [3.8, 4) is 0 Å². The maximum atomic E-state index is 12.7. The van der Waals surface area contributed by atoms with Crippen LogP contribution < -0.4 is 20.4 Å². The number of esters is 2. The second kappa shape index (κ2) is 18.9. The normalized spacial score (nSPS) is 13.2. The largest absolute Gasteiger partial charge is 0.462 e. The predicted octanol–water partition coefficient (Wildman–Crippen LogP) is 6.40. The Hall–Kier alpha value is -7.48. The zero-order chi connectivity index (χ0) is 41.0. The summed E-state index contributed by atoms with van der Waals surface area (Å²) in [5.74, 6) is -3.50. The lowest BCUT2D eigenvalue weighted by Gasteiger charge is -2.14. The third-order valence-corrected chi connectivity index (χ3v) is 9.16. The Balaban J connectivity index is 0.799. The van der Waals surface area contributed by atoms with Crippen molar-refractivity contribution in [3.05, 3.63) is 144 Å². The average molecular weight is 783 g/mol. The summed E-state index contributed by atoms with van der Waals surface area (Å²) in [5.41, 5.74) is 3.04. The second-order valence-electron chi connectivity index (χ2n) is 13.2. The SMILES string of the molecule is O=C(Nc1ccc(C(=O)OCCCCCCCCOC(=O)c2ccc(NC(=O)c3ccc(N4C(=O)C=CC4=O)cc3)cc2)cc1)c1ccc(N2C(=O)C=CC2=O)cc1. The monoisotopic (exact) mass is 782 g/mol. The van der Waals surface area contributed by atoms with Crippen molar-refractivity contribution in [2.45, 2.75) is 38.5 Å². The minimum atomic E-state index is -0.465. The van der Waals surface area contributed by atoms with Gasteiger partial charge in [0.15, 0.2) is 0 Å². The molecule has 294 valence electrons. The Morgan fingerprint density at radius 2 is 0.690 bits per heavy atom. The van der Waals surface area contributed by atoms with E-state index in [-0.39, 0.29) is 13.2 Å². The van der Waals surface area contributed by atoms with Crippen molar-refractivity contribution in [2.75, 3.05) is 33.6 Å². The summed E-state index contributed by atoms with van der Waals surface area (Å²) in [6.45, 7) is 0.545. The van der Waals surface area contributed by atoms with E-state index < -0.39 is 47.4 Å². The van der Waals surface area contributed by atoms with Crippen molar-refractivity contribution in [1.29, 1.82) is 0 Å². The molecule has 0 saturated heterocycles. The zero-order valence-corrected chi connectivity index (χ0v) is 31.2. The summed E-state index contributed by atoms with van der Waals surface area (Å²) in [6.07, 6.45) is 9.75. The van der Waals surface area contributed by atoms with E-state index in [2.05, 4.69) is 10.6 Å². The number of carbonyl (C=O) groups is 8. The number of benzene rings is 4. The molecule has 14 nitrogen and oxygen atoms in total. The molecule has 0 spiro atoms. The second-order valence-corrected chi connectivity index (χ2v) is 13.2. The molecular weight excluding hydrogens is 745 g/mol. The molecule has 2 heterocycles. The van der Waals surface area contributed by atoms with Gasteiger partial charge in [-0.2, -0.15) is 0 Å². The number of nitrogens with one attached hydrogen (secondary N) is 2. The van der Waals surface area contributed by atoms with Crippen molar-refractivity contribution in [3.63, 3.8) is 0 Å². The van der Waals surface area contributed by atoms with E-state index in [0.29, 0.717) is 57.8 Å². The number of hydrogen-bond acceptors (Lipinski definition) is 10. The number of hydrogen-bond donors (Lipinski definition) is 2. The van der Waals surface area contributed by atoms with Crippen molar-refractivity contribution >= 4 is 70.1 Å². The molecule has 0 aliphatic carbocycles. The van der Waals surface area contributed by atoms with Gasteiger partial charge in [-0.15, -0.1) is 0 Å². The lowest BCUT2D eigenvalue weighted by molar-refractivity contribution is -0.121. The minimum absolute atomic E-state index is 0.272. The van der Waals surface area contributed by atoms with Crippen LogP contribution in [0.4, 0.5) is 22.7 Å². The molecule has 2 N–H and O–H groups in total. The summed E-state index contributed by atoms with van der Waals surface area (Å²) >= 11 is 0. The zero-order valence-electron chi connectivity index (χ0n) is 31.2. The lowest BCUT2D eigenvalue weighted by atomic mass is 10.1. The van der Waals surface area contributed by atoms with Crippen LogP contribution >= 0.6 is 0 Å². The van der Waals surface area contributed by atoms with Crippen LogP contribution in [0.25, 0.3) is 0 Å². The molecule has 0 fully saturated rings. The highest BCUT2D eigenvalue weighted by atomic mass is 16.5. The van der Waals surface area contributed by atoms with Crippen LogP contribution in [-0.2, 0) is 28.7 Å². The van der Waals surface area contributed by atoms with E-state index in [4.69, 9.17) is 9.47 Å². The van der Waals surface area contributed by atoms with Gasteiger partial charge in [-0.1, -0.05) is 25.7 Å². The first-order valence-electron chi connectivity index (χ1n) is 18.6. The number of ether oxygens (including phenoxy) is 2. The van der Waals surface area contributed by atoms with Gasteiger partial charge < -0.3 is 20.1 Å². The molecule has 0 unspecified atom stereocenters. The number of unbranched alkanes of at least 4 members (excludes halogenated alkanes) is 5. The molecule has 0 saturated carbocycles. The van der Waals surface area contributed by atoms with Gasteiger partial charge in [-0.05, 0) is 110 Å². The predicted molar refractivity (Wildman–Crippen MR) is 213 cm³/mol. The first kappa shape index (κ1) is 40.2. The first-order valence-corrected chi connectivity index (χ1v) is 18.6. The molecule has 6 rings (SSSR count). The molecule has 0 atom stereocenters. The highest BCUT2D eigenvalue weighted by Gasteiger charge is 2.26. The Morgan fingerprint density at radius 3 is 1.02 bits per heavy atom. The summed E-state index contributed by atoms with van der Waals surface area (Å²) in [5, 5.41) is 5.49. The van der Waals surface area contributed by atoms with Gasteiger partial charge in [-0.25, -0.2) is 19.4 Å². The molecule has 6 amide bonds. The number of anilines is 4. The Bertz CT molecular complexity index is 2080. The maximum absolute atomic E-state index is 12.7. The number of carbonyl (C=O) groups excluding carboxylic acids is 8. The van der Waals surface area contributed by atoms with Crippen LogP contribution in [0.15, 0.2) is 121 Å². The molecular formula is C44H38N4O10. The number of amides is 6. The highest BCUT2D eigenvalue weighted by molar-refractivity contribution is 6.29. The van der Waals surface area contributed by atoms with Crippen LogP contribution in [0.5, 0.6) is 0 Å². The molecule has 2 aliphatic heterocycles. The van der Waals surface area contributed by atoms with E-state index in [1.807, 2.05) is 0 Å². The molecule has 4 aromatic rings. The first-order chi connectivity index (χ1) is 28.1. The molecule has 0 radical (unpaired) electrons. The van der Waals surface area contributed by atoms with Gasteiger partial charge in [0.1, 0.15) is 0 Å². The van der Waals surface area contributed by atoms with Gasteiger partial charge in [0.25, 0.3) is 35.4 Å². The summed E-state index contributed by atoms with van der Waals surface area (Å²) < 4.78 is 10.8. The van der Waals surface area contributed by atoms with Gasteiger partial charge in [0, 0.05) is 46.8 Å². The van der Waals surface area contributed by atoms with Crippen LogP contribution in [0.2, 0.25) is 0 Å². The maximum Gasteiger partial charge on any atom is 0.338 e. The van der Waals surface area contributed by atoms with E-state index in [1.165, 1.54) is 72.8 Å². The van der Waals surface area contributed by atoms with E-state index in [0.717, 1.165) is 35.5 Å². The number of imide groups is 2. The van der Waals surface area contributed by atoms with Crippen molar-refractivity contribution in [2.24, 2.45) is 0 Å². The molecule has 58 heavy (non-hydrogen) atoms. The van der Waals surface area contributed by atoms with Gasteiger partial charge in [0.05, 0.1) is 35.7 Å². The smallest absolute Gasteiger partial charge is 0.338 e. The van der Waals surface area contributed by atoms with Gasteiger partial charge in [-0.3, -0.25) is 28.8 Å². The Labute approximate surface area is 333 Å².